The fourth-order valence-electron chi connectivity index (χ4n) is 3.81. The van der Waals surface area contributed by atoms with Crippen molar-refractivity contribution in [2.24, 2.45) is 0 Å². The van der Waals surface area contributed by atoms with Crippen molar-refractivity contribution in [1.29, 1.82) is 0 Å². The van der Waals surface area contributed by atoms with Crippen molar-refractivity contribution in [3.63, 3.8) is 0 Å². The van der Waals surface area contributed by atoms with Crippen molar-refractivity contribution in [3.8, 4) is 0 Å². The second-order valence-electron chi connectivity index (χ2n) is 7.71. The second kappa shape index (κ2) is 8.99. The topological polar surface area (TPSA) is 99.8 Å². The lowest BCUT2D eigenvalue weighted by Crippen LogP contribution is -2.32. The Labute approximate surface area is 171 Å². The normalized spacial score (nSPS) is 20.2. The molecule has 1 aliphatic heterocycles. The Morgan fingerprint density at radius 1 is 1.17 bits per heavy atom. The van der Waals surface area contributed by atoms with Crippen LogP contribution in [0, 0.1) is 0 Å². The zero-order valence-corrected chi connectivity index (χ0v) is 16.5. The second-order valence-corrected chi connectivity index (χ2v) is 7.71. The third-order valence-electron chi connectivity index (χ3n) is 5.38. The Morgan fingerprint density at radius 3 is 2.40 bits per heavy atom. The summed E-state index contributed by atoms with van der Waals surface area (Å²) >= 11 is 0. The first kappa shape index (κ1) is 22.0. The molecule has 2 aromatic rings. The molecule has 11 heteroatoms. The molecule has 164 valence electrons. The number of carboxylic acid groups (broad SMARTS) is 1. The summed E-state index contributed by atoms with van der Waals surface area (Å²) in [6.45, 7) is 2.08. The Morgan fingerprint density at radius 2 is 1.83 bits per heavy atom. The first-order valence-electron chi connectivity index (χ1n) is 9.79. The van der Waals surface area contributed by atoms with Crippen LogP contribution < -0.4 is 5.32 Å². The van der Waals surface area contributed by atoms with Gasteiger partial charge in [0.2, 0.25) is 0 Å². The van der Waals surface area contributed by atoms with E-state index in [4.69, 9.17) is 9.90 Å². The van der Waals surface area contributed by atoms with Crippen molar-refractivity contribution < 1.29 is 27.9 Å². The van der Waals surface area contributed by atoms with E-state index in [1.165, 1.54) is 12.8 Å². The molecule has 30 heavy (non-hydrogen) atoms. The molecule has 0 spiro atoms. The number of amides is 1. The highest BCUT2D eigenvalue weighted by Gasteiger charge is 2.38. The van der Waals surface area contributed by atoms with Gasteiger partial charge in [-0.05, 0) is 45.0 Å². The van der Waals surface area contributed by atoms with Crippen LogP contribution in [0.1, 0.15) is 54.2 Å². The molecule has 2 N–H and O–H groups in total. The Bertz CT molecular complexity index is 908. The Balaban J connectivity index is 0.000000318. The number of fused-ring (bicyclic) bond motifs is 1. The largest absolute Gasteiger partial charge is 0.490 e. The maximum atomic E-state index is 12.5. The monoisotopic (exact) mass is 427 g/mol. The predicted molar refractivity (Wildman–Crippen MR) is 101 cm³/mol. The first-order chi connectivity index (χ1) is 14.1. The first-order valence-corrected chi connectivity index (χ1v) is 9.79. The van der Waals surface area contributed by atoms with E-state index in [2.05, 4.69) is 27.5 Å². The summed E-state index contributed by atoms with van der Waals surface area (Å²) in [7, 11) is 2.13. The SMILES string of the molecule is CN1CCC(c2nnc3ccc(C(=O)NC4CCCC4)cn23)C1.O=C(O)C(F)(F)F. The average molecular weight is 427 g/mol. The molecule has 0 radical (unpaired) electrons. The number of likely N-dealkylation sites (N-methyl/N-ethyl adjacent to an activating group) is 1. The molecule has 1 atom stereocenters. The number of hydrogen-bond acceptors (Lipinski definition) is 5. The minimum absolute atomic E-state index is 0.0157. The van der Waals surface area contributed by atoms with Crippen LogP contribution in [0.4, 0.5) is 13.2 Å². The van der Waals surface area contributed by atoms with Crippen LogP contribution in [0.25, 0.3) is 5.65 Å². The molecule has 2 fully saturated rings. The maximum Gasteiger partial charge on any atom is 0.490 e. The number of likely N-dealkylation sites (tertiary alicyclic amines) is 1. The van der Waals surface area contributed by atoms with E-state index in [9.17, 15) is 18.0 Å². The molecular weight excluding hydrogens is 403 g/mol. The number of nitrogens with one attached hydrogen (secondary N) is 1. The molecule has 0 aromatic carbocycles. The molecule has 1 aliphatic carbocycles. The standard InChI is InChI=1S/C17H23N5O.C2HF3O2/c1-21-9-8-12(10-21)16-20-19-15-7-6-13(11-22(15)16)17(23)18-14-4-2-3-5-14;3-2(4,5)1(6)7/h6-7,11-12,14H,2-5,8-10H2,1H3,(H,18,23);(H,6,7). The molecule has 1 amide bonds. The van der Waals surface area contributed by atoms with Crippen molar-refractivity contribution in [2.75, 3.05) is 20.1 Å². The molecular formula is C19H24F3N5O3. The van der Waals surface area contributed by atoms with Crippen molar-refractivity contribution >= 4 is 17.5 Å². The van der Waals surface area contributed by atoms with Crippen LogP contribution in [0.5, 0.6) is 0 Å². The van der Waals surface area contributed by atoms with Crippen LogP contribution in [-0.2, 0) is 4.79 Å². The number of carbonyl (C=O) groups excluding carboxylic acids is 1. The third kappa shape index (κ3) is 5.26. The van der Waals surface area contributed by atoms with Gasteiger partial charge in [-0.15, -0.1) is 10.2 Å². The van der Waals surface area contributed by atoms with E-state index in [1.54, 1.807) is 0 Å². The van der Waals surface area contributed by atoms with Gasteiger partial charge in [0.1, 0.15) is 5.82 Å². The fraction of sp³-hybridized carbons (Fsp3) is 0.579. The molecule has 8 nitrogen and oxygen atoms in total. The minimum Gasteiger partial charge on any atom is -0.475 e. The minimum atomic E-state index is -5.08. The highest BCUT2D eigenvalue weighted by atomic mass is 19.4. The zero-order chi connectivity index (χ0) is 21.9. The predicted octanol–water partition coefficient (Wildman–Crippen LogP) is 2.45. The number of carboxylic acids is 1. The zero-order valence-electron chi connectivity index (χ0n) is 16.5. The summed E-state index contributed by atoms with van der Waals surface area (Å²) in [5, 5.41) is 18.9. The number of aliphatic carboxylic acids is 1. The summed E-state index contributed by atoms with van der Waals surface area (Å²) in [5.74, 6) is -1.38. The number of pyridine rings is 1. The van der Waals surface area contributed by atoms with E-state index in [0.29, 0.717) is 17.5 Å². The quantitative estimate of drug-likeness (QED) is 0.781. The van der Waals surface area contributed by atoms with Crippen molar-refractivity contribution in [2.45, 2.75) is 50.2 Å². The van der Waals surface area contributed by atoms with Crippen LogP contribution in [-0.4, -0.2) is 68.8 Å². The van der Waals surface area contributed by atoms with E-state index < -0.39 is 12.1 Å². The lowest BCUT2D eigenvalue weighted by Gasteiger charge is -2.13. The van der Waals surface area contributed by atoms with Crippen LogP contribution in [0.3, 0.4) is 0 Å². The summed E-state index contributed by atoms with van der Waals surface area (Å²) in [6.07, 6.45) is 2.53. The van der Waals surface area contributed by atoms with Gasteiger partial charge in [-0.1, -0.05) is 12.8 Å². The van der Waals surface area contributed by atoms with Gasteiger partial charge in [-0.2, -0.15) is 13.2 Å². The number of hydrogen-bond donors (Lipinski definition) is 2. The molecule has 1 saturated carbocycles. The summed E-state index contributed by atoms with van der Waals surface area (Å²) in [6, 6.07) is 4.07. The van der Waals surface area contributed by atoms with Gasteiger partial charge in [0.05, 0.1) is 5.56 Å². The lowest BCUT2D eigenvalue weighted by molar-refractivity contribution is -0.192. The summed E-state index contributed by atoms with van der Waals surface area (Å²) in [4.78, 5) is 23.7. The molecule has 2 aromatic heterocycles. The Hall–Kier alpha value is -2.69. The molecule has 1 saturated heterocycles. The lowest BCUT2D eigenvalue weighted by atomic mass is 10.1. The molecule has 0 bridgehead atoms. The highest BCUT2D eigenvalue weighted by molar-refractivity contribution is 5.94. The molecule has 3 heterocycles. The molecule has 2 aliphatic rings. The third-order valence-corrected chi connectivity index (χ3v) is 5.38. The van der Waals surface area contributed by atoms with E-state index in [-0.39, 0.29) is 5.91 Å². The van der Waals surface area contributed by atoms with Gasteiger partial charge < -0.3 is 15.3 Å². The van der Waals surface area contributed by atoms with Gasteiger partial charge >= 0.3 is 12.1 Å². The molecule has 4 rings (SSSR count). The van der Waals surface area contributed by atoms with Gasteiger partial charge in [-0.3, -0.25) is 9.20 Å². The van der Waals surface area contributed by atoms with Gasteiger partial charge in [-0.25, -0.2) is 4.79 Å². The maximum absolute atomic E-state index is 12.5. The van der Waals surface area contributed by atoms with E-state index in [1.807, 2.05) is 22.7 Å². The van der Waals surface area contributed by atoms with Gasteiger partial charge in [0.25, 0.3) is 5.91 Å². The molecule has 1 unspecified atom stereocenters. The Kier molecular flexibility index (Phi) is 6.59. The number of rotatable bonds is 3. The number of halogens is 3. The smallest absolute Gasteiger partial charge is 0.475 e. The number of carbonyl (C=O) groups is 2. The van der Waals surface area contributed by atoms with Crippen LogP contribution in [0.2, 0.25) is 0 Å². The van der Waals surface area contributed by atoms with Crippen LogP contribution in [0.15, 0.2) is 18.3 Å². The van der Waals surface area contributed by atoms with Crippen molar-refractivity contribution in [3.05, 3.63) is 29.7 Å². The summed E-state index contributed by atoms with van der Waals surface area (Å²) in [5.41, 5.74) is 1.50. The van der Waals surface area contributed by atoms with Crippen LogP contribution >= 0.6 is 0 Å². The average Bonchev–Trinajstić information content (AvgIpc) is 3.41. The van der Waals surface area contributed by atoms with Gasteiger partial charge in [0, 0.05) is 24.7 Å². The highest BCUT2D eigenvalue weighted by Crippen LogP contribution is 2.25. The fourth-order valence-corrected chi connectivity index (χ4v) is 3.81. The van der Waals surface area contributed by atoms with E-state index in [0.717, 1.165) is 43.8 Å². The number of alkyl halides is 3. The number of nitrogens with zero attached hydrogens (tertiary/aromatic N) is 4. The summed E-state index contributed by atoms with van der Waals surface area (Å²) < 4.78 is 33.7. The number of aromatic nitrogens is 3. The van der Waals surface area contributed by atoms with Gasteiger partial charge in [0.15, 0.2) is 5.65 Å². The van der Waals surface area contributed by atoms with Crippen molar-refractivity contribution in [1.82, 2.24) is 24.8 Å². The van der Waals surface area contributed by atoms with E-state index >= 15 is 0 Å².